The number of nitrogens with zero attached hydrogens (tertiary/aromatic N) is 1. The molecule has 1 aliphatic heterocycles. The predicted molar refractivity (Wildman–Crippen MR) is 94.1 cm³/mol. The lowest BCUT2D eigenvalue weighted by Gasteiger charge is -2.38. The van der Waals surface area contributed by atoms with E-state index in [2.05, 4.69) is 31.0 Å². The third-order valence-electron chi connectivity index (χ3n) is 4.35. The van der Waals surface area contributed by atoms with Crippen molar-refractivity contribution < 1.29 is 13.9 Å². The van der Waals surface area contributed by atoms with Gasteiger partial charge in [0, 0.05) is 29.3 Å². The molecule has 2 rings (SSSR count). The number of rotatable bonds is 6. The van der Waals surface area contributed by atoms with Gasteiger partial charge in [0.05, 0.1) is 0 Å². The van der Waals surface area contributed by atoms with Gasteiger partial charge in [0.2, 0.25) is 0 Å². The van der Waals surface area contributed by atoms with E-state index in [-0.39, 0.29) is 23.7 Å². The van der Waals surface area contributed by atoms with Crippen LogP contribution in [-0.2, 0) is 6.42 Å². The molecular formula is C19H29FN2O2. The second-order valence-electron chi connectivity index (χ2n) is 7.03. The molecule has 0 fully saturated rings. The van der Waals surface area contributed by atoms with Gasteiger partial charge in [-0.1, -0.05) is 6.92 Å². The summed E-state index contributed by atoms with van der Waals surface area (Å²) in [5.74, 6) is -0.323. The maximum absolute atomic E-state index is 14.1. The smallest absolute Gasteiger partial charge is 0.251 e. The highest BCUT2D eigenvalue weighted by Gasteiger charge is 2.31. The van der Waals surface area contributed by atoms with Crippen LogP contribution in [0.25, 0.3) is 0 Å². The van der Waals surface area contributed by atoms with E-state index >= 15 is 0 Å². The Balaban J connectivity index is 2.33. The van der Waals surface area contributed by atoms with Crippen LogP contribution in [0, 0.1) is 5.82 Å². The first kappa shape index (κ1) is 18.7. The number of hydrogen-bond donors (Lipinski definition) is 1. The van der Waals surface area contributed by atoms with Crippen LogP contribution in [0.4, 0.5) is 4.39 Å². The summed E-state index contributed by atoms with van der Waals surface area (Å²) in [5.41, 5.74) is 1.20. The van der Waals surface area contributed by atoms with Crippen LogP contribution in [0.15, 0.2) is 12.1 Å². The van der Waals surface area contributed by atoms with Gasteiger partial charge in [-0.05, 0) is 59.2 Å². The Morgan fingerprint density at radius 2 is 2.08 bits per heavy atom. The quantitative estimate of drug-likeness (QED) is 0.866. The summed E-state index contributed by atoms with van der Waals surface area (Å²) in [6.07, 6.45) is 1.68. The fourth-order valence-electron chi connectivity index (χ4n) is 3.32. The molecule has 1 aromatic rings. The van der Waals surface area contributed by atoms with E-state index in [0.29, 0.717) is 30.2 Å². The number of ether oxygens (including phenoxy) is 1. The molecule has 0 radical (unpaired) electrons. The second-order valence-corrected chi connectivity index (χ2v) is 7.03. The summed E-state index contributed by atoms with van der Waals surface area (Å²) in [4.78, 5) is 14.8. The Labute approximate surface area is 144 Å². The van der Waals surface area contributed by atoms with E-state index in [9.17, 15) is 9.18 Å². The van der Waals surface area contributed by atoms with Gasteiger partial charge in [-0.15, -0.1) is 0 Å². The molecule has 0 saturated heterocycles. The molecule has 1 N–H and O–H groups in total. The first-order valence-corrected chi connectivity index (χ1v) is 8.85. The molecule has 1 heterocycles. The lowest BCUT2D eigenvalue weighted by atomic mass is 9.94. The Kier molecular flexibility index (Phi) is 6.21. The summed E-state index contributed by atoms with van der Waals surface area (Å²) >= 11 is 0. The number of fused-ring (bicyclic) bond motifs is 1. The van der Waals surface area contributed by atoms with Gasteiger partial charge >= 0.3 is 0 Å². The molecule has 0 spiro atoms. The molecule has 0 bridgehead atoms. The maximum Gasteiger partial charge on any atom is 0.251 e. The summed E-state index contributed by atoms with van der Waals surface area (Å²) < 4.78 is 19.9. The minimum atomic E-state index is -0.392. The average Bonchev–Trinajstić information content (AvgIpc) is 2.51. The first-order chi connectivity index (χ1) is 11.3. The second kappa shape index (κ2) is 7.97. The molecule has 1 aromatic carbocycles. The van der Waals surface area contributed by atoms with Crippen LogP contribution >= 0.6 is 0 Å². The van der Waals surface area contributed by atoms with Crippen molar-refractivity contribution in [2.45, 2.75) is 65.6 Å². The van der Waals surface area contributed by atoms with Crippen molar-refractivity contribution in [2.24, 2.45) is 0 Å². The van der Waals surface area contributed by atoms with Crippen molar-refractivity contribution in [3.8, 4) is 5.75 Å². The van der Waals surface area contributed by atoms with Crippen molar-refractivity contribution in [1.29, 1.82) is 0 Å². The lowest BCUT2D eigenvalue weighted by molar-refractivity contribution is 0.0871. The topological polar surface area (TPSA) is 41.6 Å². The summed E-state index contributed by atoms with van der Waals surface area (Å²) in [6, 6.07) is 3.45. The third-order valence-corrected chi connectivity index (χ3v) is 4.35. The maximum atomic E-state index is 14.1. The molecule has 134 valence electrons. The van der Waals surface area contributed by atoms with E-state index < -0.39 is 5.82 Å². The van der Waals surface area contributed by atoms with Crippen LogP contribution in [0.1, 0.15) is 57.0 Å². The lowest BCUT2D eigenvalue weighted by Crippen LogP contribution is -2.47. The van der Waals surface area contributed by atoms with Crippen molar-refractivity contribution in [3.63, 3.8) is 0 Å². The molecule has 4 nitrogen and oxygen atoms in total. The van der Waals surface area contributed by atoms with Gasteiger partial charge in [-0.3, -0.25) is 9.69 Å². The minimum Gasteiger partial charge on any atom is -0.489 e. The number of halogens is 1. The first-order valence-electron chi connectivity index (χ1n) is 8.85. The minimum absolute atomic E-state index is 0.0331. The zero-order valence-electron chi connectivity index (χ0n) is 15.4. The molecule has 1 amide bonds. The number of amides is 1. The fourth-order valence-corrected chi connectivity index (χ4v) is 3.32. The van der Waals surface area contributed by atoms with Crippen LogP contribution in [-0.4, -0.2) is 42.1 Å². The Morgan fingerprint density at radius 3 is 2.67 bits per heavy atom. The molecule has 0 aromatic heterocycles. The van der Waals surface area contributed by atoms with Gasteiger partial charge in [0.1, 0.15) is 6.61 Å². The standard InChI is InChI=1S/C19H29FN2O2/c1-6-9-22(13(4)5)14-10-16-15(19(23)21-12(2)3)7-8-17(20)18(16)24-11-14/h7-8,12-14H,6,9-11H2,1-5H3,(H,21,23). The monoisotopic (exact) mass is 336 g/mol. The predicted octanol–water partition coefficient (Wildman–Crippen LogP) is 3.39. The molecule has 1 aliphatic rings. The molecule has 1 atom stereocenters. The highest BCUT2D eigenvalue weighted by Crippen LogP contribution is 2.33. The Morgan fingerprint density at radius 1 is 1.38 bits per heavy atom. The van der Waals surface area contributed by atoms with Gasteiger partial charge in [0.25, 0.3) is 5.91 Å². The molecule has 0 aliphatic carbocycles. The third kappa shape index (κ3) is 4.07. The van der Waals surface area contributed by atoms with E-state index in [1.807, 2.05) is 13.8 Å². The van der Waals surface area contributed by atoms with E-state index in [1.54, 1.807) is 6.07 Å². The van der Waals surface area contributed by atoms with Gasteiger partial charge < -0.3 is 10.1 Å². The van der Waals surface area contributed by atoms with Crippen molar-refractivity contribution in [3.05, 3.63) is 29.1 Å². The van der Waals surface area contributed by atoms with Crippen LogP contribution in [0.2, 0.25) is 0 Å². The van der Waals surface area contributed by atoms with E-state index in [1.165, 1.54) is 6.07 Å². The van der Waals surface area contributed by atoms with E-state index in [0.717, 1.165) is 13.0 Å². The van der Waals surface area contributed by atoms with Crippen molar-refractivity contribution in [1.82, 2.24) is 10.2 Å². The summed E-state index contributed by atoms with van der Waals surface area (Å²) in [7, 11) is 0. The number of carbonyl (C=O) groups excluding carboxylic acids is 1. The molecule has 0 saturated carbocycles. The van der Waals surface area contributed by atoms with Crippen LogP contribution in [0.5, 0.6) is 5.75 Å². The largest absolute Gasteiger partial charge is 0.489 e. The van der Waals surface area contributed by atoms with E-state index in [4.69, 9.17) is 4.74 Å². The van der Waals surface area contributed by atoms with Gasteiger partial charge in [0.15, 0.2) is 11.6 Å². The normalized spacial score (nSPS) is 17.1. The van der Waals surface area contributed by atoms with Crippen LogP contribution in [0.3, 0.4) is 0 Å². The number of carbonyl (C=O) groups is 1. The number of hydrogen-bond acceptors (Lipinski definition) is 3. The molecular weight excluding hydrogens is 307 g/mol. The zero-order chi connectivity index (χ0) is 17.9. The SMILES string of the molecule is CCCN(C(C)C)C1COc2c(F)ccc(C(=O)NC(C)C)c2C1. The fraction of sp³-hybridized carbons (Fsp3) is 0.632. The van der Waals surface area contributed by atoms with Gasteiger partial charge in [-0.2, -0.15) is 0 Å². The summed E-state index contributed by atoms with van der Waals surface area (Å²) in [6.45, 7) is 11.7. The highest BCUT2D eigenvalue weighted by molar-refractivity contribution is 5.96. The molecule has 5 heteroatoms. The van der Waals surface area contributed by atoms with Crippen LogP contribution < -0.4 is 10.1 Å². The molecule has 1 unspecified atom stereocenters. The average molecular weight is 336 g/mol. The Hall–Kier alpha value is -1.62. The van der Waals surface area contributed by atoms with Crippen molar-refractivity contribution in [2.75, 3.05) is 13.2 Å². The number of nitrogens with one attached hydrogen (secondary N) is 1. The zero-order valence-corrected chi connectivity index (χ0v) is 15.4. The van der Waals surface area contributed by atoms with Gasteiger partial charge in [-0.25, -0.2) is 4.39 Å². The summed E-state index contributed by atoms with van der Waals surface area (Å²) in [5, 5.41) is 2.89. The Bertz CT molecular complexity index is 587. The molecule has 24 heavy (non-hydrogen) atoms. The highest BCUT2D eigenvalue weighted by atomic mass is 19.1. The number of benzene rings is 1. The van der Waals surface area contributed by atoms with Crippen molar-refractivity contribution >= 4 is 5.91 Å².